The van der Waals surface area contributed by atoms with Crippen LogP contribution in [-0.4, -0.2) is 56.9 Å². The van der Waals surface area contributed by atoms with Crippen molar-refractivity contribution in [2.75, 3.05) is 5.75 Å². The Kier molecular flexibility index (Phi) is 12.4. The normalized spacial score (nSPS) is 20.7. The third-order valence-electron chi connectivity index (χ3n) is 10.2. The number of hydrogen-bond donors (Lipinski definition) is 3. The number of likely N-dealkylation sites (tertiary alicyclic amines) is 1. The summed E-state index contributed by atoms with van der Waals surface area (Å²) in [6.07, 6.45) is -2.08. The van der Waals surface area contributed by atoms with E-state index in [4.69, 9.17) is 14.2 Å². The summed E-state index contributed by atoms with van der Waals surface area (Å²) in [7, 11) is 0. The number of nitrogens with zero attached hydrogens (tertiary/aromatic N) is 1. The van der Waals surface area contributed by atoms with E-state index in [-0.39, 0.29) is 55.8 Å². The molecule has 0 aromatic heterocycles. The zero-order valence-corrected chi connectivity index (χ0v) is 32.0. The van der Waals surface area contributed by atoms with Gasteiger partial charge in [0.05, 0.1) is 37.3 Å². The number of carboxylic acids is 1. The molecule has 0 spiro atoms. The van der Waals surface area contributed by atoms with Crippen molar-refractivity contribution in [1.29, 1.82) is 0 Å². The van der Waals surface area contributed by atoms with Crippen molar-refractivity contribution in [3.05, 3.63) is 161 Å². The number of carbonyl (C=O) groups is 4. The highest BCUT2D eigenvalue weighted by Crippen LogP contribution is 2.43. The van der Waals surface area contributed by atoms with Gasteiger partial charge in [-0.3, -0.25) is 14.5 Å². The summed E-state index contributed by atoms with van der Waals surface area (Å²) in [5, 5.41) is 21.4. The topological polar surface area (TPSA) is 152 Å². The van der Waals surface area contributed by atoms with Gasteiger partial charge in [0.25, 0.3) is 5.91 Å². The molecule has 2 saturated heterocycles. The summed E-state index contributed by atoms with van der Waals surface area (Å²) >= 11 is 1.59. The van der Waals surface area contributed by atoms with Crippen molar-refractivity contribution >= 4 is 35.6 Å². The van der Waals surface area contributed by atoms with E-state index in [0.29, 0.717) is 5.75 Å². The SMILES string of the molecule is CC1C(CSc2ccc(C(=O)O)cc2)OC(c2ccc(-c3cccc(CN4C(=O)CC(NC(=O)OCc5ccccc5)C4=O)c3)cc2)OC1c1ccc(CO)cc1. The van der Waals surface area contributed by atoms with Gasteiger partial charge in [-0.1, -0.05) is 104 Å². The van der Waals surface area contributed by atoms with E-state index in [2.05, 4.69) is 12.2 Å². The lowest BCUT2D eigenvalue weighted by Crippen LogP contribution is -2.41. The number of amides is 3. The monoisotopic (exact) mass is 786 g/mol. The maximum absolute atomic E-state index is 13.2. The molecule has 292 valence electrons. The van der Waals surface area contributed by atoms with Crippen molar-refractivity contribution in [2.45, 2.75) is 62.5 Å². The van der Waals surface area contributed by atoms with Gasteiger partial charge in [0.2, 0.25) is 5.91 Å². The van der Waals surface area contributed by atoms with Gasteiger partial charge in [0, 0.05) is 22.1 Å². The van der Waals surface area contributed by atoms with E-state index in [0.717, 1.165) is 48.7 Å². The number of carboxylic acid groups (broad SMARTS) is 1. The van der Waals surface area contributed by atoms with Crippen LogP contribution in [0.25, 0.3) is 11.1 Å². The van der Waals surface area contributed by atoms with Crippen molar-refractivity contribution in [1.82, 2.24) is 10.2 Å². The number of alkyl carbamates (subject to hydrolysis) is 1. The Morgan fingerprint density at radius 1 is 0.807 bits per heavy atom. The van der Waals surface area contributed by atoms with Gasteiger partial charge < -0.3 is 29.7 Å². The number of ether oxygens (including phenoxy) is 3. The molecule has 3 N–H and O–H groups in total. The molecule has 11 nitrogen and oxygen atoms in total. The van der Waals surface area contributed by atoms with Gasteiger partial charge in [0.15, 0.2) is 6.29 Å². The number of imide groups is 1. The standard InChI is InChI=1S/C45H42N2O9S/c1-28-39(27-57-37-20-18-34(19-21-37)43(51)52)55-44(56-41(28)33-12-10-29(25-48)11-13-33)35-16-14-32(15-17-35)36-9-5-8-31(22-36)24-47-40(49)23-38(42(47)50)46-45(53)54-26-30-6-3-2-4-7-30/h2-22,28,38-39,41,44,48H,23-27H2,1H3,(H,46,53)(H,51,52). The average Bonchev–Trinajstić information content (AvgIpc) is 3.50. The smallest absolute Gasteiger partial charge is 0.408 e. The molecule has 12 heteroatoms. The Bertz CT molecular complexity index is 2200. The lowest BCUT2D eigenvalue weighted by Gasteiger charge is -2.41. The van der Waals surface area contributed by atoms with E-state index in [1.54, 1.807) is 36.0 Å². The van der Waals surface area contributed by atoms with Crippen LogP contribution in [0.4, 0.5) is 4.79 Å². The molecule has 5 atom stereocenters. The van der Waals surface area contributed by atoms with Crippen LogP contribution in [0.2, 0.25) is 0 Å². The number of rotatable bonds is 13. The fourth-order valence-electron chi connectivity index (χ4n) is 6.92. The van der Waals surface area contributed by atoms with Gasteiger partial charge in [-0.2, -0.15) is 0 Å². The molecule has 3 amide bonds. The van der Waals surface area contributed by atoms with E-state index in [1.807, 2.05) is 103 Å². The molecular weight excluding hydrogens is 745 g/mol. The van der Waals surface area contributed by atoms with Crippen molar-refractivity contribution in [3.63, 3.8) is 0 Å². The van der Waals surface area contributed by atoms with Gasteiger partial charge in [-0.05, 0) is 63.7 Å². The second-order valence-electron chi connectivity index (χ2n) is 14.1. The predicted octanol–water partition coefficient (Wildman–Crippen LogP) is 7.68. The minimum absolute atomic E-state index is 0.0251. The summed E-state index contributed by atoms with van der Waals surface area (Å²) in [5.74, 6) is -1.24. The number of aromatic carboxylic acids is 1. The van der Waals surface area contributed by atoms with Crippen molar-refractivity contribution < 1.29 is 43.6 Å². The Balaban J connectivity index is 1.02. The first-order valence-electron chi connectivity index (χ1n) is 18.6. The van der Waals surface area contributed by atoms with Crippen molar-refractivity contribution in [2.24, 2.45) is 5.92 Å². The van der Waals surface area contributed by atoms with E-state index < -0.39 is 30.3 Å². The molecule has 57 heavy (non-hydrogen) atoms. The minimum Gasteiger partial charge on any atom is -0.478 e. The molecule has 0 bridgehead atoms. The van der Waals surface area contributed by atoms with Crippen LogP contribution >= 0.6 is 11.8 Å². The largest absolute Gasteiger partial charge is 0.478 e. The van der Waals surface area contributed by atoms with E-state index in [1.165, 1.54) is 0 Å². The van der Waals surface area contributed by atoms with Crippen LogP contribution in [-0.2, 0) is 43.6 Å². The third-order valence-corrected chi connectivity index (χ3v) is 11.3. The molecule has 5 unspecified atom stereocenters. The molecule has 7 rings (SSSR count). The number of benzene rings is 5. The number of thioether (sulfide) groups is 1. The number of aliphatic hydroxyl groups is 1. The van der Waals surface area contributed by atoms with Crippen LogP contribution in [0.5, 0.6) is 0 Å². The molecule has 2 aliphatic heterocycles. The van der Waals surface area contributed by atoms with Gasteiger partial charge in [-0.25, -0.2) is 9.59 Å². The number of carbonyl (C=O) groups excluding carboxylic acids is 3. The summed E-state index contributed by atoms with van der Waals surface area (Å²) in [6, 6.07) is 38.2. The zero-order chi connectivity index (χ0) is 39.9. The van der Waals surface area contributed by atoms with Crippen LogP contribution < -0.4 is 5.32 Å². The highest BCUT2D eigenvalue weighted by molar-refractivity contribution is 7.99. The summed E-state index contributed by atoms with van der Waals surface area (Å²) in [5.41, 5.74) is 6.21. The molecule has 0 radical (unpaired) electrons. The second kappa shape index (κ2) is 18.0. The van der Waals surface area contributed by atoms with Crippen LogP contribution in [0.3, 0.4) is 0 Å². The number of nitrogens with one attached hydrogen (secondary N) is 1. The summed E-state index contributed by atoms with van der Waals surface area (Å²) < 4.78 is 18.5. The minimum atomic E-state index is -0.994. The fourth-order valence-corrected chi connectivity index (χ4v) is 7.98. The summed E-state index contributed by atoms with van der Waals surface area (Å²) in [4.78, 5) is 51.9. The van der Waals surface area contributed by atoms with Crippen LogP contribution in [0, 0.1) is 5.92 Å². The van der Waals surface area contributed by atoms with Crippen LogP contribution in [0.1, 0.15) is 63.9 Å². The quantitative estimate of drug-likeness (QED) is 0.0801. The lowest BCUT2D eigenvalue weighted by molar-refractivity contribution is -0.268. The van der Waals surface area contributed by atoms with Gasteiger partial charge in [0.1, 0.15) is 12.6 Å². The molecule has 5 aromatic rings. The molecule has 5 aromatic carbocycles. The van der Waals surface area contributed by atoms with Gasteiger partial charge in [-0.15, -0.1) is 11.8 Å². The predicted molar refractivity (Wildman–Crippen MR) is 213 cm³/mol. The maximum atomic E-state index is 13.2. The molecular formula is C45H42N2O9S. The molecule has 0 aliphatic carbocycles. The van der Waals surface area contributed by atoms with Crippen molar-refractivity contribution in [3.8, 4) is 11.1 Å². The fraction of sp³-hybridized carbons (Fsp3) is 0.244. The lowest BCUT2D eigenvalue weighted by atomic mass is 9.91. The van der Waals surface area contributed by atoms with E-state index in [9.17, 15) is 29.4 Å². The Labute approximate surface area is 334 Å². The highest BCUT2D eigenvalue weighted by atomic mass is 32.2. The first-order chi connectivity index (χ1) is 27.6. The van der Waals surface area contributed by atoms with Crippen LogP contribution in [0.15, 0.2) is 132 Å². The maximum Gasteiger partial charge on any atom is 0.408 e. The zero-order valence-electron chi connectivity index (χ0n) is 31.2. The number of hydrogen-bond acceptors (Lipinski definition) is 9. The highest BCUT2D eigenvalue weighted by Gasteiger charge is 2.40. The molecule has 2 fully saturated rings. The first-order valence-corrected chi connectivity index (χ1v) is 19.6. The third kappa shape index (κ3) is 9.61. The summed E-state index contributed by atoms with van der Waals surface area (Å²) in [6.45, 7) is 2.15. The Morgan fingerprint density at radius 2 is 1.51 bits per heavy atom. The van der Waals surface area contributed by atoms with Gasteiger partial charge >= 0.3 is 12.1 Å². The molecule has 2 aliphatic rings. The molecule has 2 heterocycles. The Hall–Kier alpha value is -5.79. The molecule has 0 saturated carbocycles. The van der Waals surface area contributed by atoms with E-state index >= 15 is 0 Å². The first kappa shape index (κ1) is 39.4. The second-order valence-corrected chi connectivity index (χ2v) is 15.2. The number of aliphatic hydroxyl groups excluding tert-OH is 1. The Morgan fingerprint density at radius 3 is 2.21 bits per heavy atom. The average molecular weight is 787 g/mol.